The predicted octanol–water partition coefficient (Wildman–Crippen LogP) is 3.28. The molecule has 0 saturated carbocycles. The highest BCUT2D eigenvalue weighted by Crippen LogP contribution is 2.33. The van der Waals surface area contributed by atoms with Gasteiger partial charge in [0.25, 0.3) is 5.91 Å². The van der Waals surface area contributed by atoms with Gasteiger partial charge in [-0.05, 0) is 36.4 Å². The van der Waals surface area contributed by atoms with Crippen LogP contribution in [0.3, 0.4) is 0 Å². The molecular weight excluding hydrogens is 264 g/mol. The van der Waals surface area contributed by atoms with Crippen LogP contribution in [-0.4, -0.2) is 22.8 Å². The molecule has 1 amide bonds. The molecule has 5 heteroatoms. The van der Waals surface area contributed by atoms with Crippen molar-refractivity contribution in [1.82, 2.24) is 5.06 Å². The summed E-state index contributed by atoms with van der Waals surface area (Å²) >= 11 is 5.87. The number of rotatable bonds is 1. The summed E-state index contributed by atoms with van der Waals surface area (Å²) in [5, 5.41) is 11.1. The molecule has 0 radical (unpaired) electrons. The molecule has 0 spiro atoms. The van der Waals surface area contributed by atoms with Gasteiger partial charge < -0.3 is 4.90 Å². The number of anilines is 2. The Morgan fingerprint density at radius 1 is 1.05 bits per heavy atom. The molecule has 96 valence electrons. The summed E-state index contributed by atoms with van der Waals surface area (Å²) in [5.41, 5.74) is 2.12. The summed E-state index contributed by atoms with van der Waals surface area (Å²) in [6.07, 6.45) is 0. The SMILES string of the molecule is O=C1c2ccccc2N(c2ccc(Cl)cc2)CN1O. The molecule has 4 nitrogen and oxygen atoms in total. The van der Waals surface area contributed by atoms with Crippen LogP contribution in [-0.2, 0) is 0 Å². The summed E-state index contributed by atoms with van der Waals surface area (Å²) in [4.78, 5) is 13.7. The molecule has 1 aliphatic rings. The van der Waals surface area contributed by atoms with Gasteiger partial charge in [0.15, 0.2) is 0 Å². The van der Waals surface area contributed by atoms with Crippen molar-refractivity contribution in [3.05, 3.63) is 59.1 Å². The van der Waals surface area contributed by atoms with Crippen LogP contribution in [0.25, 0.3) is 0 Å². The Bertz CT molecular complexity index is 628. The van der Waals surface area contributed by atoms with E-state index in [2.05, 4.69) is 0 Å². The molecule has 0 bridgehead atoms. The third-order valence-electron chi connectivity index (χ3n) is 3.07. The number of nitrogens with zero attached hydrogens (tertiary/aromatic N) is 2. The fraction of sp³-hybridized carbons (Fsp3) is 0.0714. The molecule has 0 saturated heterocycles. The van der Waals surface area contributed by atoms with Gasteiger partial charge in [-0.2, -0.15) is 5.06 Å². The number of benzene rings is 2. The van der Waals surface area contributed by atoms with E-state index in [1.165, 1.54) is 0 Å². The molecule has 1 aliphatic heterocycles. The zero-order chi connectivity index (χ0) is 13.4. The first-order valence-corrected chi connectivity index (χ1v) is 6.17. The van der Waals surface area contributed by atoms with Crippen LogP contribution in [0.5, 0.6) is 0 Å². The highest BCUT2D eigenvalue weighted by Gasteiger charge is 2.28. The van der Waals surface area contributed by atoms with Gasteiger partial charge in [-0.3, -0.25) is 10.0 Å². The first kappa shape index (κ1) is 12.0. The van der Waals surface area contributed by atoms with Crippen LogP contribution >= 0.6 is 11.6 Å². The Morgan fingerprint density at radius 3 is 2.47 bits per heavy atom. The molecule has 3 rings (SSSR count). The summed E-state index contributed by atoms with van der Waals surface area (Å²) in [7, 11) is 0. The van der Waals surface area contributed by atoms with E-state index < -0.39 is 0 Å². The fourth-order valence-electron chi connectivity index (χ4n) is 2.15. The van der Waals surface area contributed by atoms with Gasteiger partial charge in [-0.1, -0.05) is 23.7 Å². The highest BCUT2D eigenvalue weighted by molar-refractivity contribution is 6.30. The maximum atomic E-state index is 11.9. The average molecular weight is 275 g/mol. The van der Waals surface area contributed by atoms with Gasteiger partial charge in [-0.15, -0.1) is 0 Å². The summed E-state index contributed by atoms with van der Waals surface area (Å²) in [6, 6.07) is 14.4. The van der Waals surface area contributed by atoms with Crippen LogP contribution in [0.4, 0.5) is 11.4 Å². The number of carbonyl (C=O) groups excluding carboxylic acids is 1. The Kier molecular flexibility index (Phi) is 2.89. The minimum absolute atomic E-state index is 0.0947. The quantitative estimate of drug-likeness (QED) is 0.812. The zero-order valence-electron chi connectivity index (χ0n) is 9.95. The Balaban J connectivity index is 2.10. The van der Waals surface area contributed by atoms with Crippen molar-refractivity contribution in [2.45, 2.75) is 0 Å². The lowest BCUT2D eigenvalue weighted by Crippen LogP contribution is -2.42. The maximum Gasteiger partial charge on any atom is 0.281 e. The second kappa shape index (κ2) is 4.57. The molecule has 2 aromatic carbocycles. The minimum atomic E-state index is -0.388. The second-order valence-corrected chi connectivity index (χ2v) is 4.70. The average Bonchev–Trinajstić information content (AvgIpc) is 2.44. The molecule has 0 aliphatic carbocycles. The van der Waals surface area contributed by atoms with Crippen molar-refractivity contribution in [1.29, 1.82) is 0 Å². The lowest BCUT2D eigenvalue weighted by atomic mass is 10.1. The van der Waals surface area contributed by atoms with Crippen LogP contribution in [0.1, 0.15) is 10.4 Å². The first-order valence-electron chi connectivity index (χ1n) is 5.80. The number of fused-ring (bicyclic) bond motifs is 1. The fourth-order valence-corrected chi connectivity index (χ4v) is 2.27. The van der Waals surface area contributed by atoms with Gasteiger partial charge in [0.1, 0.15) is 6.67 Å². The van der Waals surface area contributed by atoms with Crippen molar-refractivity contribution in [2.75, 3.05) is 11.6 Å². The highest BCUT2D eigenvalue weighted by atomic mass is 35.5. The van der Waals surface area contributed by atoms with Crippen molar-refractivity contribution in [3.8, 4) is 0 Å². The van der Waals surface area contributed by atoms with E-state index in [1.54, 1.807) is 24.3 Å². The number of hydrogen-bond donors (Lipinski definition) is 1. The van der Waals surface area contributed by atoms with E-state index in [9.17, 15) is 10.0 Å². The minimum Gasteiger partial charge on any atom is -0.320 e. The first-order chi connectivity index (χ1) is 9.16. The van der Waals surface area contributed by atoms with E-state index in [4.69, 9.17) is 11.6 Å². The van der Waals surface area contributed by atoms with E-state index in [0.29, 0.717) is 15.6 Å². The summed E-state index contributed by atoms with van der Waals surface area (Å²) in [5.74, 6) is -0.388. The normalized spacial score (nSPS) is 14.5. The topological polar surface area (TPSA) is 43.8 Å². The van der Waals surface area contributed by atoms with Gasteiger partial charge in [-0.25, -0.2) is 0 Å². The van der Waals surface area contributed by atoms with Crippen LogP contribution in [0, 0.1) is 0 Å². The molecular formula is C14H11ClN2O2. The molecule has 0 unspecified atom stereocenters. The number of hydroxylamine groups is 2. The molecule has 0 atom stereocenters. The Hall–Kier alpha value is -2.04. The zero-order valence-corrected chi connectivity index (χ0v) is 10.7. The van der Waals surface area contributed by atoms with Crippen LogP contribution < -0.4 is 4.90 Å². The van der Waals surface area contributed by atoms with E-state index in [1.807, 2.05) is 29.2 Å². The van der Waals surface area contributed by atoms with E-state index in [-0.39, 0.29) is 12.6 Å². The van der Waals surface area contributed by atoms with Gasteiger partial charge >= 0.3 is 0 Å². The summed E-state index contributed by atoms with van der Waals surface area (Å²) < 4.78 is 0. The Morgan fingerprint density at radius 2 is 1.74 bits per heavy atom. The van der Waals surface area contributed by atoms with Crippen molar-refractivity contribution >= 4 is 28.9 Å². The number of para-hydroxylation sites is 1. The van der Waals surface area contributed by atoms with Crippen molar-refractivity contribution in [3.63, 3.8) is 0 Å². The van der Waals surface area contributed by atoms with Crippen molar-refractivity contribution < 1.29 is 10.0 Å². The predicted molar refractivity (Wildman–Crippen MR) is 72.9 cm³/mol. The summed E-state index contributed by atoms with van der Waals surface area (Å²) in [6.45, 7) is 0.0947. The second-order valence-electron chi connectivity index (χ2n) is 4.27. The smallest absolute Gasteiger partial charge is 0.281 e. The van der Waals surface area contributed by atoms with Crippen LogP contribution in [0.2, 0.25) is 5.02 Å². The Labute approximate surface area is 115 Å². The number of carbonyl (C=O) groups is 1. The lowest BCUT2D eigenvalue weighted by Gasteiger charge is -2.34. The number of halogens is 1. The molecule has 0 aromatic heterocycles. The van der Waals surface area contributed by atoms with Gasteiger partial charge in [0, 0.05) is 10.7 Å². The number of hydrogen-bond acceptors (Lipinski definition) is 3. The number of amides is 1. The molecule has 19 heavy (non-hydrogen) atoms. The third kappa shape index (κ3) is 2.05. The van der Waals surface area contributed by atoms with Crippen molar-refractivity contribution in [2.24, 2.45) is 0 Å². The van der Waals surface area contributed by atoms with Gasteiger partial charge in [0.05, 0.1) is 11.3 Å². The van der Waals surface area contributed by atoms with Crippen LogP contribution in [0.15, 0.2) is 48.5 Å². The molecule has 1 heterocycles. The van der Waals surface area contributed by atoms with Gasteiger partial charge in [0.2, 0.25) is 0 Å². The maximum absolute atomic E-state index is 11.9. The molecule has 1 N–H and O–H groups in total. The van der Waals surface area contributed by atoms with E-state index in [0.717, 1.165) is 11.4 Å². The largest absolute Gasteiger partial charge is 0.320 e. The van der Waals surface area contributed by atoms with E-state index >= 15 is 0 Å². The third-order valence-corrected chi connectivity index (χ3v) is 3.33. The monoisotopic (exact) mass is 274 g/mol. The molecule has 2 aromatic rings. The standard InChI is InChI=1S/C14H11ClN2O2/c15-10-5-7-11(8-6-10)16-9-17(19)14(18)12-3-1-2-4-13(12)16/h1-8,19H,9H2. The molecule has 0 fully saturated rings. The lowest BCUT2D eigenvalue weighted by molar-refractivity contribution is -0.0583.